The zero-order valence-electron chi connectivity index (χ0n) is 10.2. The summed E-state index contributed by atoms with van der Waals surface area (Å²) >= 11 is 0. The van der Waals surface area contributed by atoms with E-state index in [9.17, 15) is 0 Å². The Labute approximate surface area is 89.8 Å². The molecule has 0 amide bonds. The van der Waals surface area contributed by atoms with Gasteiger partial charge in [-0.05, 0) is 43.4 Å². The SMILES string of the molecule is CCC(C)(CC)CC1CC=CCCC1. The Morgan fingerprint density at radius 1 is 1.21 bits per heavy atom. The fourth-order valence-electron chi connectivity index (χ4n) is 2.47. The molecular formula is C14H26. The van der Waals surface area contributed by atoms with Crippen molar-refractivity contribution in [3.63, 3.8) is 0 Å². The van der Waals surface area contributed by atoms with Gasteiger partial charge in [-0.15, -0.1) is 0 Å². The molecule has 1 atom stereocenters. The molecule has 0 saturated carbocycles. The minimum atomic E-state index is 0.600. The van der Waals surface area contributed by atoms with Crippen molar-refractivity contribution in [1.82, 2.24) is 0 Å². The molecule has 0 spiro atoms. The number of allylic oxidation sites excluding steroid dienone is 2. The predicted molar refractivity (Wildman–Crippen MR) is 64.4 cm³/mol. The number of hydrogen-bond donors (Lipinski definition) is 0. The van der Waals surface area contributed by atoms with Gasteiger partial charge in [0.15, 0.2) is 0 Å². The maximum Gasteiger partial charge on any atom is -0.0322 e. The van der Waals surface area contributed by atoms with Crippen molar-refractivity contribution in [3.05, 3.63) is 12.2 Å². The molecule has 1 rings (SSSR count). The molecular weight excluding hydrogens is 168 g/mol. The van der Waals surface area contributed by atoms with Crippen LogP contribution in [0.5, 0.6) is 0 Å². The van der Waals surface area contributed by atoms with Crippen LogP contribution in [0.1, 0.15) is 65.7 Å². The van der Waals surface area contributed by atoms with Crippen molar-refractivity contribution < 1.29 is 0 Å². The summed E-state index contributed by atoms with van der Waals surface area (Å²) in [7, 11) is 0. The second-order valence-electron chi connectivity index (χ2n) is 5.23. The molecule has 0 aromatic carbocycles. The van der Waals surface area contributed by atoms with Gasteiger partial charge in [-0.2, -0.15) is 0 Å². The minimum Gasteiger partial charge on any atom is -0.0885 e. The van der Waals surface area contributed by atoms with Gasteiger partial charge in [-0.1, -0.05) is 45.8 Å². The molecule has 0 bridgehead atoms. The Bertz CT molecular complexity index is 174. The standard InChI is InChI=1S/C14H26/c1-4-14(3,5-2)12-13-10-8-6-7-9-11-13/h6,8,13H,4-5,7,9-12H2,1-3H3. The van der Waals surface area contributed by atoms with Gasteiger partial charge in [0.05, 0.1) is 0 Å². The molecule has 82 valence electrons. The number of hydrogen-bond acceptors (Lipinski definition) is 0. The van der Waals surface area contributed by atoms with E-state index in [2.05, 4.69) is 32.9 Å². The molecule has 1 aliphatic rings. The molecule has 0 heterocycles. The highest BCUT2D eigenvalue weighted by atomic mass is 14.3. The first kappa shape index (κ1) is 11.8. The molecule has 14 heavy (non-hydrogen) atoms. The lowest BCUT2D eigenvalue weighted by Gasteiger charge is -2.31. The van der Waals surface area contributed by atoms with Crippen molar-refractivity contribution in [1.29, 1.82) is 0 Å². The van der Waals surface area contributed by atoms with Crippen LogP contribution in [0.3, 0.4) is 0 Å². The van der Waals surface area contributed by atoms with E-state index >= 15 is 0 Å². The third-order valence-corrected chi connectivity index (χ3v) is 4.11. The summed E-state index contributed by atoms with van der Waals surface area (Å²) in [6.07, 6.45) is 14.4. The smallest absolute Gasteiger partial charge is 0.0322 e. The predicted octanol–water partition coefficient (Wildman–Crippen LogP) is 4.95. The van der Waals surface area contributed by atoms with Gasteiger partial charge >= 0.3 is 0 Å². The summed E-state index contributed by atoms with van der Waals surface area (Å²) in [6, 6.07) is 0. The third-order valence-electron chi connectivity index (χ3n) is 4.11. The van der Waals surface area contributed by atoms with Crippen molar-refractivity contribution in [3.8, 4) is 0 Å². The van der Waals surface area contributed by atoms with Crippen LogP contribution in [-0.2, 0) is 0 Å². The van der Waals surface area contributed by atoms with E-state index in [1.54, 1.807) is 0 Å². The molecule has 0 heteroatoms. The average molecular weight is 194 g/mol. The lowest BCUT2D eigenvalue weighted by molar-refractivity contribution is 0.214. The lowest BCUT2D eigenvalue weighted by atomic mass is 9.75. The maximum atomic E-state index is 2.46. The van der Waals surface area contributed by atoms with Gasteiger partial charge in [-0.25, -0.2) is 0 Å². The third kappa shape index (κ3) is 3.48. The van der Waals surface area contributed by atoms with Crippen LogP contribution in [0.15, 0.2) is 12.2 Å². The van der Waals surface area contributed by atoms with Crippen molar-refractivity contribution >= 4 is 0 Å². The van der Waals surface area contributed by atoms with E-state index in [1.807, 2.05) is 0 Å². The Morgan fingerprint density at radius 2 is 1.93 bits per heavy atom. The Balaban J connectivity index is 2.44. The van der Waals surface area contributed by atoms with Crippen LogP contribution in [0.4, 0.5) is 0 Å². The summed E-state index contributed by atoms with van der Waals surface area (Å²) in [4.78, 5) is 0. The van der Waals surface area contributed by atoms with Gasteiger partial charge < -0.3 is 0 Å². The molecule has 0 fully saturated rings. The van der Waals surface area contributed by atoms with Gasteiger partial charge in [-0.3, -0.25) is 0 Å². The average Bonchev–Trinajstić information content (AvgIpc) is 2.46. The molecule has 0 radical (unpaired) electrons. The molecule has 0 N–H and O–H groups in total. The van der Waals surface area contributed by atoms with Crippen LogP contribution >= 0.6 is 0 Å². The highest BCUT2D eigenvalue weighted by Gasteiger charge is 2.24. The minimum absolute atomic E-state index is 0.600. The lowest BCUT2D eigenvalue weighted by Crippen LogP contribution is -2.18. The largest absolute Gasteiger partial charge is 0.0885 e. The molecule has 1 unspecified atom stereocenters. The van der Waals surface area contributed by atoms with Crippen molar-refractivity contribution in [2.45, 2.75) is 65.7 Å². The van der Waals surface area contributed by atoms with Gasteiger partial charge in [0.1, 0.15) is 0 Å². The molecule has 0 saturated heterocycles. The van der Waals surface area contributed by atoms with Crippen LogP contribution < -0.4 is 0 Å². The van der Waals surface area contributed by atoms with E-state index in [0.717, 1.165) is 5.92 Å². The second kappa shape index (κ2) is 5.58. The Morgan fingerprint density at radius 3 is 2.57 bits per heavy atom. The summed E-state index contributed by atoms with van der Waals surface area (Å²) in [5.74, 6) is 0.957. The molecule has 0 aromatic rings. The molecule has 1 aliphatic carbocycles. The van der Waals surface area contributed by atoms with Crippen LogP contribution in [0.2, 0.25) is 0 Å². The maximum absolute atomic E-state index is 2.46. The summed E-state index contributed by atoms with van der Waals surface area (Å²) in [5, 5.41) is 0. The van der Waals surface area contributed by atoms with Gasteiger partial charge in [0, 0.05) is 0 Å². The Kier molecular flexibility index (Phi) is 4.71. The summed E-state index contributed by atoms with van der Waals surface area (Å²) in [6.45, 7) is 7.15. The van der Waals surface area contributed by atoms with Crippen molar-refractivity contribution in [2.75, 3.05) is 0 Å². The van der Waals surface area contributed by atoms with E-state index in [0.29, 0.717) is 5.41 Å². The van der Waals surface area contributed by atoms with Crippen LogP contribution in [-0.4, -0.2) is 0 Å². The molecule has 0 nitrogen and oxygen atoms in total. The first-order valence-electron chi connectivity index (χ1n) is 6.35. The van der Waals surface area contributed by atoms with E-state index in [-0.39, 0.29) is 0 Å². The first-order valence-corrected chi connectivity index (χ1v) is 6.35. The fourth-order valence-corrected chi connectivity index (χ4v) is 2.47. The highest BCUT2D eigenvalue weighted by Crippen LogP contribution is 2.37. The first-order chi connectivity index (χ1) is 6.70. The fraction of sp³-hybridized carbons (Fsp3) is 0.857. The second-order valence-corrected chi connectivity index (χ2v) is 5.23. The normalized spacial score (nSPS) is 23.5. The topological polar surface area (TPSA) is 0 Å². The van der Waals surface area contributed by atoms with Crippen molar-refractivity contribution in [2.24, 2.45) is 11.3 Å². The molecule has 0 aliphatic heterocycles. The van der Waals surface area contributed by atoms with E-state index in [4.69, 9.17) is 0 Å². The Hall–Kier alpha value is -0.260. The zero-order chi connectivity index (χ0) is 10.4. The highest BCUT2D eigenvalue weighted by molar-refractivity contribution is 4.89. The quantitative estimate of drug-likeness (QED) is 0.555. The van der Waals surface area contributed by atoms with Crippen LogP contribution in [0.25, 0.3) is 0 Å². The summed E-state index contributed by atoms with van der Waals surface area (Å²) < 4.78 is 0. The van der Waals surface area contributed by atoms with Crippen LogP contribution in [0, 0.1) is 11.3 Å². The monoisotopic (exact) mass is 194 g/mol. The van der Waals surface area contributed by atoms with E-state index < -0.39 is 0 Å². The number of rotatable bonds is 4. The summed E-state index contributed by atoms with van der Waals surface area (Å²) in [5.41, 5.74) is 0.600. The molecule has 0 aromatic heterocycles. The van der Waals surface area contributed by atoms with E-state index in [1.165, 1.54) is 44.9 Å². The van der Waals surface area contributed by atoms with Gasteiger partial charge in [0.2, 0.25) is 0 Å². The van der Waals surface area contributed by atoms with Gasteiger partial charge in [0.25, 0.3) is 0 Å². The zero-order valence-corrected chi connectivity index (χ0v) is 10.2.